The van der Waals surface area contributed by atoms with E-state index in [9.17, 15) is 24.9 Å². The van der Waals surface area contributed by atoms with Crippen LogP contribution in [0.3, 0.4) is 0 Å². The summed E-state index contributed by atoms with van der Waals surface area (Å²) >= 11 is 0. The second-order valence-electron chi connectivity index (χ2n) is 7.14. The van der Waals surface area contributed by atoms with Crippen molar-refractivity contribution < 1.29 is 20.1 Å². The van der Waals surface area contributed by atoms with E-state index in [1.54, 1.807) is 0 Å². The number of unbranched alkanes of at least 4 members (excludes halogenated alkanes) is 4. The fraction of sp³-hybridized carbons (Fsp3) is 0.667. The van der Waals surface area contributed by atoms with E-state index >= 15 is 0 Å². The number of H-pyrrole nitrogens is 1. The van der Waals surface area contributed by atoms with Gasteiger partial charge in [0, 0.05) is 6.54 Å². The van der Waals surface area contributed by atoms with Crippen molar-refractivity contribution in [2.45, 2.75) is 63.6 Å². The molecule has 0 aliphatic carbocycles. The number of nitrogens with zero attached hydrogens (tertiary/aromatic N) is 3. The van der Waals surface area contributed by atoms with Crippen LogP contribution in [0.15, 0.2) is 15.9 Å². The summed E-state index contributed by atoms with van der Waals surface area (Å²) in [6.07, 6.45) is 1.59. The molecule has 0 aromatic carbocycles. The Bertz CT molecular complexity index is 944. The zero-order valence-electron chi connectivity index (χ0n) is 16.2. The molecule has 0 amide bonds. The van der Waals surface area contributed by atoms with E-state index in [4.69, 9.17) is 4.74 Å². The average molecular weight is 409 g/mol. The minimum Gasteiger partial charge on any atom is -0.394 e. The standard InChI is InChI=1S/C18H27N5O6/c1-2-3-4-5-6-7-19-18-21-15(27)11-12(16(28)22-18)23(9-20-11)17-14(26)13(25)10(8-24)29-17/h9-10,13-14,17,24-26H,2-8H2,1H3,(H2,19,21,22,27,28)/t10-,13-,14-,17?/m1/s1. The minimum atomic E-state index is -1.40. The molecule has 160 valence electrons. The molecule has 1 saturated heterocycles. The molecule has 4 atom stereocenters. The number of fused-ring (bicyclic) bond motifs is 1. The number of aromatic nitrogens is 4. The lowest BCUT2D eigenvalue weighted by Crippen LogP contribution is -2.33. The fourth-order valence-electron chi connectivity index (χ4n) is 3.41. The molecular weight excluding hydrogens is 382 g/mol. The smallest absolute Gasteiger partial charge is 0.301 e. The van der Waals surface area contributed by atoms with E-state index < -0.39 is 42.3 Å². The van der Waals surface area contributed by atoms with Gasteiger partial charge in [-0.2, -0.15) is 4.98 Å². The Labute approximate surface area is 166 Å². The highest BCUT2D eigenvalue weighted by molar-refractivity contribution is 5.73. The zero-order valence-corrected chi connectivity index (χ0v) is 16.2. The van der Waals surface area contributed by atoms with Gasteiger partial charge in [-0.3, -0.25) is 19.1 Å². The number of aliphatic hydroxyl groups excluding tert-OH is 3. The van der Waals surface area contributed by atoms with Gasteiger partial charge < -0.3 is 25.4 Å². The van der Waals surface area contributed by atoms with Gasteiger partial charge in [0.15, 0.2) is 11.7 Å². The van der Waals surface area contributed by atoms with Gasteiger partial charge in [0.2, 0.25) is 5.95 Å². The van der Waals surface area contributed by atoms with Gasteiger partial charge in [0.25, 0.3) is 5.56 Å². The van der Waals surface area contributed by atoms with Crippen LogP contribution < -0.4 is 16.4 Å². The average Bonchev–Trinajstić information content (AvgIpc) is 3.23. The lowest BCUT2D eigenvalue weighted by molar-refractivity contribution is -0.0509. The zero-order chi connectivity index (χ0) is 21.0. The van der Waals surface area contributed by atoms with E-state index in [-0.39, 0.29) is 17.0 Å². The maximum absolute atomic E-state index is 12.7. The molecule has 2 aromatic rings. The third kappa shape index (κ3) is 4.47. The van der Waals surface area contributed by atoms with Crippen molar-refractivity contribution in [3.05, 3.63) is 27.0 Å². The van der Waals surface area contributed by atoms with Crippen molar-refractivity contribution in [1.82, 2.24) is 19.5 Å². The molecular formula is C18H27N5O6. The predicted molar refractivity (Wildman–Crippen MR) is 105 cm³/mol. The summed E-state index contributed by atoms with van der Waals surface area (Å²) < 4.78 is 6.61. The van der Waals surface area contributed by atoms with Crippen LogP contribution in [0.25, 0.3) is 11.0 Å². The molecule has 0 spiro atoms. The van der Waals surface area contributed by atoms with Gasteiger partial charge >= 0.3 is 5.56 Å². The molecule has 29 heavy (non-hydrogen) atoms. The number of hydrogen-bond donors (Lipinski definition) is 5. The lowest BCUT2D eigenvalue weighted by atomic mass is 10.1. The van der Waals surface area contributed by atoms with E-state index in [1.165, 1.54) is 17.3 Å². The Morgan fingerprint density at radius 3 is 2.66 bits per heavy atom. The number of hydrogen-bond acceptors (Lipinski definition) is 9. The van der Waals surface area contributed by atoms with Crippen LogP contribution in [0.5, 0.6) is 0 Å². The predicted octanol–water partition coefficient (Wildman–Crippen LogP) is -0.526. The van der Waals surface area contributed by atoms with E-state index in [2.05, 4.69) is 27.2 Å². The van der Waals surface area contributed by atoms with Crippen molar-refractivity contribution in [3.8, 4) is 0 Å². The van der Waals surface area contributed by atoms with Gasteiger partial charge in [0.1, 0.15) is 23.8 Å². The fourth-order valence-corrected chi connectivity index (χ4v) is 3.41. The number of aromatic amines is 1. The lowest BCUT2D eigenvalue weighted by Gasteiger charge is -2.16. The second kappa shape index (κ2) is 9.44. The van der Waals surface area contributed by atoms with Crippen molar-refractivity contribution in [2.24, 2.45) is 0 Å². The highest BCUT2D eigenvalue weighted by atomic mass is 16.6. The summed E-state index contributed by atoms with van der Waals surface area (Å²) in [5.74, 6) is 0.0428. The van der Waals surface area contributed by atoms with Crippen LogP contribution >= 0.6 is 0 Å². The van der Waals surface area contributed by atoms with Gasteiger partial charge in [-0.05, 0) is 6.42 Å². The van der Waals surface area contributed by atoms with Gasteiger partial charge in [0.05, 0.1) is 12.9 Å². The van der Waals surface area contributed by atoms with Crippen molar-refractivity contribution in [1.29, 1.82) is 0 Å². The SMILES string of the molecule is CCCCCCCNc1nc(=O)c2ncn(C3O[C@H](CO)[C@@H](O)[C@H]3O)c2c(=O)[nH]1. The summed E-state index contributed by atoms with van der Waals surface area (Å²) in [5.41, 5.74) is -1.66. The monoisotopic (exact) mass is 409 g/mol. The molecule has 0 bridgehead atoms. The van der Waals surface area contributed by atoms with Crippen molar-refractivity contribution >= 4 is 17.0 Å². The molecule has 0 radical (unpaired) electrons. The number of aliphatic hydroxyl groups is 3. The summed E-state index contributed by atoms with van der Waals surface area (Å²) in [4.78, 5) is 35.5. The van der Waals surface area contributed by atoms with Crippen LogP contribution in [0.4, 0.5) is 5.95 Å². The largest absolute Gasteiger partial charge is 0.394 e. The Morgan fingerprint density at radius 1 is 1.21 bits per heavy atom. The third-order valence-electron chi connectivity index (χ3n) is 5.02. The molecule has 11 heteroatoms. The molecule has 0 saturated carbocycles. The highest BCUT2D eigenvalue weighted by Gasteiger charge is 2.44. The molecule has 3 rings (SSSR count). The molecule has 1 aliphatic rings. The minimum absolute atomic E-state index is 0.0428. The van der Waals surface area contributed by atoms with E-state index in [1.807, 2.05) is 0 Å². The normalized spacial score (nSPS) is 24.3. The van der Waals surface area contributed by atoms with Crippen LogP contribution in [-0.2, 0) is 4.74 Å². The van der Waals surface area contributed by atoms with Crippen molar-refractivity contribution in [3.63, 3.8) is 0 Å². The maximum atomic E-state index is 12.7. The number of ether oxygens (including phenoxy) is 1. The van der Waals surface area contributed by atoms with Gasteiger partial charge in [-0.15, -0.1) is 0 Å². The topological polar surface area (TPSA) is 163 Å². The first kappa shape index (κ1) is 21.4. The molecule has 2 aromatic heterocycles. The van der Waals surface area contributed by atoms with Crippen LogP contribution in [0.1, 0.15) is 45.3 Å². The van der Waals surface area contributed by atoms with E-state index in [0.29, 0.717) is 6.54 Å². The summed E-state index contributed by atoms with van der Waals surface area (Å²) in [6.45, 7) is 2.19. The first-order valence-corrected chi connectivity index (χ1v) is 9.85. The van der Waals surface area contributed by atoms with Crippen molar-refractivity contribution in [2.75, 3.05) is 18.5 Å². The van der Waals surface area contributed by atoms with Gasteiger partial charge in [-0.1, -0.05) is 32.6 Å². The number of anilines is 1. The third-order valence-corrected chi connectivity index (χ3v) is 5.02. The summed E-state index contributed by atoms with van der Waals surface area (Å²) in [7, 11) is 0. The highest BCUT2D eigenvalue weighted by Crippen LogP contribution is 2.30. The quantitative estimate of drug-likeness (QED) is 0.343. The first-order valence-electron chi connectivity index (χ1n) is 9.85. The summed E-state index contributed by atoms with van der Waals surface area (Å²) in [6, 6.07) is 0. The van der Waals surface area contributed by atoms with Crippen LogP contribution in [0, 0.1) is 0 Å². The van der Waals surface area contributed by atoms with Crippen LogP contribution in [0.2, 0.25) is 0 Å². The molecule has 1 fully saturated rings. The Morgan fingerprint density at radius 2 is 1.97 bits per heavy atom. The molecule has 1 unspecified atom stereocenters. The first-order chi connectivity index (χ1) is 14.0. The molecule has 1 aliphatic heterocycles. The van der Waals surface area contributed by atoms with E-state index in [0.717, 1.165) is 25.7 Å². The molecule has 3 heterocycles. The van der Waals surface area contributed by atoms with Gasteiger partial charge in [-0.25, -0.2) is 4.98 Å². The van der Waals surface area contributed by atoms with Crippen LogP contribution in [-0.4, -0.2) is 66.3 Å². The summed E-state index contributed by atoms with van der Waals surface area (Å²) in [5, 5.41) is 32.4. The molecule has 11 nitrogen and oxygen atoms in total. The second-order valence-corrected chi connectivity index (χ2v) is 7.14. The molecule has 5 N–H and O–H groups in total. The number of nitrogens with one attached hydrogen (secondary N) is 2. The Balaban J connectivity index is 1.86. The number of rotatable bonds is 9. The Kier molecular flexibility index (Phi) is 6.96. The Hall–Kier alpha value is -2.34. The maximum Gasteiger partial charge on any atom is 0.301 e. The number of imidazole rings is 1.